The van der Waals surface area contributed by atoms with Gasteiger partial charge in [0.2, 0.25) is 0 Å². The number of benzene rings is 1. The molecule has 0 radical (unpaired) electrons. The van der Waals surface area contributed by atoms with Crippen LogP contribution < -0.4 is 5.32 Å². The SMILES string of the molecule is C[C@H](O)CNc1ccc(F)cc1Cl. The largest absolute Gasteiger partial charge is 0.392 e. The van der Waals surface area contributed by atoms with Gasteiger partial charge in [0.25, 0.3) is 0 Å². The van der Waals surface area contributed by atoms with Gasteiger partial charge in [-0.2, -0.15) is 0 Å². The van der Waals surface area contributed by atoms with E-state index < -0.39 is 6.10 Å². The highest BCUT2D eigenvalue weighted by atomic mass is 35.5. The molecule has 0 aliphatic carbocycles. The molecule has 0 amide bonds. The smallest absolute Gasteiger partial charge is 0.124 e. The average Bonchev–Trinajstić information content (AvgIpc) is 2.02. The van der Waals surface area contributed by atoms with E-state index in [1.165, 1.54) is 12.1 Å². The van der Waals surface area contributed by atoms with Crippen molar-refractivity contribution in [1.29, 1.82) is 0 Å². The average molecular weight is 204 g/mol. The summed E-state index contributed by atoms with van der Waals surface area (Å²) in [6.45, 7) is 2.05. The van der Waals surface area contributed by atoms with Gasteiger partial charge in [0.1, 0.15) is 5.82 Å². The first-order valence-electron chi connectivity index (χ1n) is 3.96. The number of halogens is 2. The summed E-state index contributed by atoms with van der Waals surface area (Å²) >= 11 is 5.73. The van der Waals surface area contributed by atoms with E-state index in [2.05, 4.69) is 5.32 Å². The van der Waals surface area contributed by atoms with Crippen LogP contribution in [0.3, 0.4) is 0 Å². The van der Waals surface area contributed by atoms with Crippen molar-refractivity contribution < 1.29 is 9.50 Å². The Hall–Kier alpha value is -0.800. The fraction of sp³-hybridized carbons (Fsp3) is 0.333. The molecule has 0 fully saturated rings. The fourth-order valence-electron chi connectivity index (χ4n) is 0.891. The van der Waals surface area contributed by atoms with Gasteiger partial charge in [-0.3, -0.25) is 0 Å². The summed E-state index contributed by atoms with van der Waals surface area (Å²) in [6.07, 6.45) is -0.457. The molecule has 4 heteroatoms. The zero-order valence-electron chi connectivity index (χ0n) is 7.22. The van der Waals surface area contributed by atoms with Crippen molar-refractivity contribution >= 4 is 17.3 Å². The molecule has 0 aromatic heterocycles. The van der Waals surface area contributed by atoms with Crippen LogP contribution in [-0.2, 0) is 0 Å². The topological polar surface area (TPSA) is 32.3 Å². The van der Waals surface area contributed by atoms with Crippen molar-refractivity contribution in [2.45, 2.75) is 13.0 Å². The summed E-state index contributed by atoms with van der Waals surface area (Å²) in [5, 5.41) is 12.2. The molecule has 0 saturated carbocycles. The first-order chi connectivity index (χ1) is 6.09. The van der Waals surface area contributed by atoms with Crippen LogP contribution in [0.2, 0.25) is 5.02 Å². The molecular weight excluding hydrogens is 193 g/mol. The lowest BCUT2D eigenvalue weighted by molar-refractivity contribution is 0.208. The number of hydrogen-bond acceptors (Lipinski definition) is 2. The highest BCUT2D eigenvalue weighted by molar-refractivity contribution is 6.33. The van der Waals surface area contributed by atoms with Gasteiger partial charge < -0.3 is 10.4 Å². The fourth-order valence-corrected chi connectivity index (χ4v) is 1.12. The van der Waals surface area contributed by atoms with Crippen LogP contribution in [0.1, 0.15) is 6.92 Å². The molecule has 2 nitrogen and oxygen atoms in total. The molecule has 0 unspecified atom stereocenters. The van der Waals surface area contributed by atoms with Gasteiger partial charge in [0.15, 0.2) is 0 Å². The van der Waals surface area contributed by atoms with E-state index in [0.29, 0.717) is 17.3 Å². The molecular formula is C9H11ClFNO. The van der Waals surface area contributed by atoms with Crippen molar-refractivity contribution in [3.8, 4) is 0 Å². The lowest BCUT2D eigenvalue weighted by Crippen LogP contribution is -2.15. The third-order valence-electron chi connectivity index (χ3n) is 1.52. The molecule has 1 aromatic rings. The van der Waals surface area contributed by atoms with Crippen molar-refractivity contribution in [3.05, 3.63) is 29.0 Å². The molecule has 1 aromatic carbocycles. The Balaban J connectivity index is 2.67. The van der Waals surface area contributed by atoms with Crippen LogP contribution in [-0.4, -0.2) is 17.8 Å². The molecule has 1 atom stereocenters. The normalized spacial score (nSPS) is 12.6. The second-order valence-electron chi connectivity index (χ2n) is 2.85. The predicted octanol–water partition coefficient (Wildman–Crippen LogP) is 2.27. The molecule has 1 rings (SSSR count). The second-order valence-corrected chi connectivity index (χ2v) is 3.26. The van der Waals surface area contributed by atoms with Crippen LogP contribution in [0.4, 0.5) is 10.1 Å². The van der Waals surface area contributed by atoms with Gasteiger partial charge in [-0.15, -0.1) is 0 Å². The first-order valence-corrected chi connectivity index (χ1v) is 4.34. The Morgan fingerprint density at radius 2 is 2.31 bits per heavy atom. The highest BCUT2D eigenvalue weighted by Crippen LogP contribution is 2.21. The van der Waals surface area contributed by atoms with Gasteiger partial charge in [-0.1, -0.05) is 11.6 Å². The molecule has 0 aliphatic heterocycles. The first kappa shape index (κ1) is 10.3. The van der Waals surface area contributed by atoms with Crippen molar-refractivity contribution in [1.82, 2.24) is 0 Å². The number of anilines is 1. The van der Waals surface area contributed by atoms with Crippen LogP contribution in [0.25, 0.3) is 0 Å². The number of nitrogens with one attached hydrogen (secondary N) is 1. The Morgan fingerprint density at radius 3 is 2.85 bits per heavy atom. The van der Waals surface area contributed by atoms with E-state index in [-0.39, 0.29) is 5.82 Å². The summed E-state index contributed by atoms with van der Waals surface area (Å²) < 4.78 is 12.6. The highest BCUT2D eigenvalue weighted by Gasteiger charge is 2.02. The summed E-state index contributed by atoms with van der Waals surface area (Å²) in [5.41, 5.74) is 0.629. The Labute approximate surface area is 81.3 Å². The number of rotatable bonds is 3. The zero-order chi connectivity index (χ0) is 9.84. The summed E-state index contributed by atoms with van der Waals surface area (Å²) in [5.74, 6) is -0.368. The summed E-state index contributed by atoms with van der Waals surface area (Å²) in [4.78, 5) is 0. The molecule has 0 saturated heterocycles. The molecule has 0 aliphatic rings. The standard InChI is InChI=1S/C9H11ClFNO/c1-6(13)5-12-9-3-2-7(11)4-8(9)10/h2-4,6,12-13H,5H2,1H3/t6-/m0/s1. The van der Waals surface area contributed by atoms with Crippen LogP contribution >= 0.6 is 11.6 Å². The second kappa shape index (κ2) is 4.44. The minimum atomic E-state index is -0.457. The molecule has 0 heterocycles. The van der Waals surface area contributed by atoms with E-state index in [9.17, 15) is 4.39 Å². The van der Waals surface area contributed by atoms with Crippen LogP contribution in [0.5, 0.6) is 0 Å². The number of aliphatic hydroxyl groups excluding tert-OH is 1. The van der Waals surface area contributed by atoms with E-state index in [1.807, 2.05) is 0 Å². The van der Waals surface area contributed by atoms with Gasteiger partial charge in [-0.05, 0) is 25.1 Å². The van der Waals surface area contributed by atoms with Crippen molar-refractivity contribution in [2.75, 3.05) is 11.9 Å². The van der Waals surface area contributed by atoms with Gasteiger partial charge in [-0.25, -0.2) is 4.39 Å². The van der Waals surface area contributed by atoms with Gasteiger partial charge >= 0.3 is 0 Å². The summed E-state index contributed by atoms with van der Waals surface area (Å²) in [7, 11) is 0. The summed E-state index contributed by atoms with van der Waals surface area (Å²) in [6, 6.07) is 4.09. The third kappa shape index (κ3) is 3.20. The quantitative estimate of drug-likeness (QED) is 0.790. The lowest BCUT2D eigenvalue weighted by Gasteiger charge is -2.09. The number of aliphatic hydroxyl groups is 1. The molecule has 72 valence electrons. The Morgan fingerprint density at radius 1 is 1.62 bits per heavy atom. The van der Waals surface area contributed by atoms with E-state index in [0.717, 1.165) is 0 Å². The molecule has 0 bridgehead atoms. The molecule has 13 heavy (non-hydrogen) atoms. The monoisotopic (exact) mass is 203 g/mol. The van der Waals surface area contributed by atoms with E-state index >= 15 is 0 Å². The van der Waals surface area contributed by atoms with Crippen LogP contribution in [0.15, 0.2) is 18.2 Å². The van der Waals surface area contributed by atoms with E-state index in [4.69, 9.17) is 16.7 Å². The minimum absolute atomic E-state index is 0.320. The predicted molar refractivity (Wildman–Crippen MR) is 51.6 cm³/mol. The van der Waals surface area contributed by atoms with Crippen molar-refractivity contribution in [3.63, 3.8) is 0 Å². The Bertz CT molecular complexity index is 291. The maximum Gasteiger partial charge on any atom is 0.124 e. The van der Waals surface area contributed by atoms with E-state index in [1.54, 1.807) is 13.0 Å². The maximum atomic E-state index is 12.6. The minimum Gasteiger partial charge on any atom is -0.392 e. The zero-order valence-corrected chi connectivity index (χ0v) is 7.98. The third-order valence-corrected chi connectivity index (χ3v) is 1.83. The van der Waals surface area contributed by atoms with Gasteiger partial charge in [0.05, 0.1) is 16.8 Å². The Kier molecular flexibility index (Phi) is 3.51. The molecule has 2 N–H and O–H groups in total. The van der Waals surface area contributed by atoms with Crippen molar-refractivity contribution in [2.24, 2.45) is 0 Å². The van der Waals surface area contributed by atoms with Crippen LogP contribution in [0, 0.1) is 5.82 Å². The van der Waals surface area contributed by atoms with Gasteiger partial charge in [0, 0.05) is 6.54 Å². The lowest BCUT2D eigenvalue weighted by atomic mass is 10.3. The molecule has 0 spiro atoms. The maximum absolute atomic E-state index is 12.6. The number of hydrogen-bond donors (Lipinski definition) is 2.